The minimum atomic E-state index is -0.429. The maximum Gasteiger partial charge on any atom is 0.326 e. The Morgan fingerprint density at radius 3 is 3.00 bits per heavy atom. The lowest BCUT2D eigenvalue weighted by atomic mass is 9.88. The van der Waals surface area contributed by atoms with Crippen LogP contribution in [0.5, 0.6) is 0 Å². The first-order valence-electron chi connectivity index (χ1n) is 8.29. The van der Waals surface area contributed by atoms with Crippen molar-refractivity contribution < 1.29 is 9.53 Å². The molecule has 0 saturated carbocycles. The Morgan fingerprint density at radius 2 is 2.24 bits per heavy atom. The summed E-state index contributed by atoms with van der Waals surface area (Å²) in [4.78, 5) is 12.8. The van der Waals surface area contributed by atoms with Gasteiger partial charge in [0.15, 0.2) is 0 Å². The molecule has 1 aliphatic carbocycles. The van der Waals surface area contributed by atoms with Gasteiger partial charge in [0.05, 0.1) is 0 Å². The molecular formula is C18H25NO2. The average Bonchev–Trinajstić information content (AvgIpc) is 2.98. The number of hydrogen-bond acceptors (Lipinski definition) is 3. The first kappa shape index (κ1) is 14.6. The van der Waals surface area contributed by atoms with E-state index in [1.807, 2.05) is 6.07 Å². The van der Waals surface area contributed by atoms with Gasteiger partial charge in [-0.1, -0.05) is 37.6 Å². The molecule has 0 radical (unpaired) electrons. The highest BCUT2D eigenvalue weighted by atomic mass is 16.5. The third kappa shape index (κ3) is 2.84. The molecule has 1 aliphatic heterocycles. The van der Waals surface area contributed by atoms with Gasteiger partial charge in [0.25, 0.3) is 0 Å². The summed E-state index contributed by atoms with van der Waals surface area (Å²) >= 11 is 0. The number of benzene rings is 1. The minimum Gasteiger partial charge on any atom is -0.456 e. The van der Waals surface area contributed by atoms with E-state index in [0.29, 0.717) is 0 Å². The molecule has 3 nitrogen and oxygen atoms in total. The molecule has 2 atom stereocenters. The zero-order chi connectivity index (χ0) is 14.7. The third-order valence-corrected chi connectivity index (χ3v) is 4.87. The Kier molecular flexibility index (Phi) is 4.29. The molecule has 114 valence electrons. The van der Waals surface area contributed by atoms with E-state index in [0.717, 1.165) is 51.5 Å². The lowest BCUT2D eigenvalue weighted by Gasteiger charge is -2.32. The first-order chi connectivity index (χ1) is 10.2. The molecule has 0 spiro atoms. The molecule has 1 aromatic rings. The molecule has 1 aromatic carbocycles. The largest absolute Gasteiger partial charge is 0.456 e. The number of fused-ring (bicyclic) bond motifs is 1. The van der Waals surface area contributed by atoms with Gasteiger partial charge >= 0.3 is 5.97 Å². The number of esters is 1. The summed E-state index contributed by atoms with van der Waals surface area (Å²) in [6.45, 7) is 3.06. The van der Waals surface area contributed by atoms with Crippen molar-refractivity contribution >= 4 is 5.97 Å². The van der Waals surface area contributed by atoms with Crippen LogP contribution in [0.25, 0.3) is 0 Å². The lowest BCUT2D eigenvalue weighted by Crippen LogP contribution is -2.49. The fraction of sp³-hybridized carbons (Fsp3) is 0.611. The molecule has 2 unspecified atom stereocenters. The molecule has 3 heteroatoms. The van der Waals surface area contributed by atoms with Gasteiger partial charge in [-0.15, -0.1) is 0 Å². The van der Waals surface area contributed by atoms with Crippen LogP contribution in [0, 0.1) is 0 Å². The second-order valence-electron chi connectivity index (χ2n) is 6.35. The van der Waals surface area contributed by atoms with Crippen LogP contribution in [0.1, 0.15) is 62.7 Å². The quantitative estimate of drug-likeness (QED) is 0.861. The number of carbonyl (C=O) groups is 1. The Morgan fingerprint density at radius 1 is 1.38 bits per heavy atom. The van der Waals surface area contributed by atoms with Crippen LogP contribution in [0.2, 0.25) is 0 Å². The molecule has 2 aliphatic rings. The van der Waals surface area contributed by atoms with Crippen molar-refractivity contribution in [2.24, 2.45) is 0 Å². The summed E-state index contributed by atoms with van der Waals surface area (Å²) in [5.74, 6) is -0.0384. The Bertz CT molecular complexity index is 506. The van der Waals surface area contributed by atoms with Gasteiger partial charge in [-0.3, -0.25) is 4.79 Å². The van der Waals surface area contributed by atoms with E-state index in [4.69, 9.17) is 4.74 Å². The molecule has 0 amide bonds. The van der Waals surface area contributed by atoms with Crippen LogP contribution >= 0.6 is 0 Å². The summed E-state index contributed by atoms with van der Waals surface area (Å²) in [6.07, 6.45) is 6.95. The fourth-order valence-electron chi connectivity index (χ4n) is 3.80. The van der Waals surface area contributed by atoms with Crippen molar-refractivity contribution in [2.75, 3.05) is 6.54 Å². The predicted octanol–water partition coefficient (Wildman–Crippen LogP) is 3.53. The number of ether oxygens (including phenoxy) is 1. The number of hydrogen-bond donors (Lipinski definition) is 1. The van der Waals surface area contributed by atoms with Gasteiger partial charge in [0, 0.05) is 0 Å². The monoisotopic (exact) mass is 287 g/mol. The Hall–Kier alpha value is -1.35. The first-order valence-corrected chi connectivity index (χ1v) is 8.29. The number of nitrogens with one attached hydrogen (secondary N) is 1. The second-order valence-corrected chi connectivity index (χ2v) is 6.35. The van der Waals surface area contributed by atoms with Crippen molar-refractivity contribution in [3.8, 4) is 0 Å². The average molecular weight is 287 g/mol. The van der Waals surface area contributed by atoms with Gasteiger partial charge in [0.2, 0.25) is 0 Å². The molecular weight excluding hydrogens is 262 g/mol. The standard InChI is InChI=1S/C18H25NO2/c1-2-11-18(12-6-13-19-18)17(20)21-16-10-5-8-14-7-3-4-9-15(14)16/h3-4,7,9,16,19H,2,5-6,8,10-13H2,1H3. The number of carbonyl (C=O) groups excluding carboxylic acids is 1. The second kappa shape index (κ2) is 6.18. The number of aryl methyl sites for hydroxylation is 1. The van der Waals surface area contributed by atoms with Gasteiger partial charge in [-0.2, -0.15) is 0 Å². The minimum absolute atomic E-state index is 0.0384. The SMILES string of the molecule is CCCC1(C(=O)OC2CCCc3ccccc32)CCCN1. The molecule has 1 saturated heterocycles. The van der Waals surface area contributed by atoms with Gasteiger partial charge < -0.3 is 10.1 Å². The molecule has 0 aromatic heterocycles. The Labute approximate surface area is 127 Å². The van der Waals surface area contributed by atoms with E-state index < -0.39 is 5.54 Å². The van der Waals surface area contributed by atoms with Crippen LogP contribution in [0.15, 0.2) is 24.3 Å². The van der Waals surface area contributed by atoms with E-state index in [-0.39, 0.29) is 12.1 Å². The van der Waals surface area contributed by atoms with Crippen LogP contribution in [0.3, 0.4) is 0 Å². The zero-order valence-electron chi connectivity index (χ0n) is 12.9. The molecule has 3 rings (SSSR count). The molecule has 0 bridgehead atoms. The molecule has 21 heavy (non-hydrogen) atoms. The highest BCUT2D eigenvalue weighted by molar-refractivity contribution is 5.81. The zero-order valence-corrected chi connectivity index (χ0v) is 12.9. The fourth-order valence-corrected chi connectivity index (χ4v) is 3.80. The van der Waals surface area contributed by atoms with Gasteiger partial charge in [-0.05, 0) is 56.2 Å². The highest BCUT2D eigenvalue weighted by Crippen LogP contribution is 2.35. The summed E-state index contributed by atoms with van der Waals surface area (Å²) in [5, 5.41) is 3.41. The van der Waals surface area contributed by atoms with Crippen molar-refractivity contribution in [1.29, 1.82) is 0 Å². The van der Waals surface area contributed by atoms with E-state index >= 15 is 0 Å². The van der Waals surface area contributed by atoms with Gasteiger partial charge in [-0.25, -0.2) is 0 Å². The predicted molar refractivity (Wildman–Crippen MR) is 83.1 cm³/mol. The summed E-state index contributed by atoms with van der Waals surface area (Å²) < 4.78 is 5.96. The van der Waals surface area contributed by atoms with Crippen molar-refractivity contribution in [2.45, 2.75) is 63.5 Å². The van der Waals surface area contributed by atoms with E-state index in [2.05, 4.69) is 30.4 Å². The highest BCUT2D eigenvalue weighted by Gasteiger charge is 2.42. The van der Waals surface area contributed by atoms with Crippen molar-refractivity contribution in [3.05, 3.63) is 35.4 Å². The van der Waals surface area contributed by atoms with Crippen LogP contribution < -0.4 is 5.32 Å². The lowest BCUT2D eigenvalue weighted by molar-refractivity contribution is -0.158. The van der Waals surface area contributed by atoms with E-state index in [9.17, 15) is 4.79 Å². The van der Waals surface area contributed by atoms with E-state index in [1.165, 1.54) is 11.1 Å². The maximum absolute atomic E-state index is 12.8. The summed E-state index contributed by atoms with van der Waals surface area (Å²) in [6, 6.07) is 8.38. The van der Waals surface area contributed by atoms with Crippen LogP contribution in [-0.2, 0) is 16.0 Å². The van der Waals surface area contributed by atoms with Crippen LogP contribution in [0.4, 0.5) is 0 Å². The number of rotatable bonds is 4. The summed E-state index contributed by atoms with van der Waals surface area (Å²) in [7, 11) is 0. The smallest absolute Gasteiger partial charge is 0.326 e. The molecule has 1 fully saturated rings. The van der Waals surface area contributed by atoms with Crippen molar-refractivity contribution in [1.82, 2.24) is 5.32 Å². The van der Waals surface area contributed by atoms with E-state index in [1.54, 1.807) is 0 Å². The van der Waals surface area contributed by atoms with Crippen molar-refractivity contribution in [3.63, 3.8) is 0 Å². The molecule has 1 heterocycles. The maximum atomic E-state index is 12.8. The van der Waals surface area contributed by atoms with Crippen LogP contribution in [-0.4, -0.2) is 18.1 Å². The topological polar surface area (TPSA) is 38.3 Å². The Balaban J connectivity index is 1.76. The summed E-state index contributed by atoms with van der Waals surface area (Å²) in [5.41, 5.74) is 2.12. The third-order valence-electron chi connectivity index (χ3n) is 4.87. The molecule has 1 N–H and O–H groups in total. The van der Waals surface area contributed by atoms with Gasteiger partial charge in [0.1, 0.15) is 11.6 Å². The normalized spacial score (nSPS) is 28.1.